The Bertz CT molecular complexity index is 1320. The van der Waals surface area contributed by atoms with Crippen LogP contribution in [0.2, 0.25) is 0 Å². The van der Waals surface area contributed by atoms with Crippen molar-refractivity contribution in [1.29, 1.82) is 0 Å². The second kappa shape index (κ2) is 9.34. The molecule has 0 spiro atoms. The van der Waals surface area contributed by atoms with Crippen LogP contribution in [0.5, 0.6) is 0 Å². The molecule has 0 saturated carbocycles. The smallest absolute Gasteiger partial charge is 0.253 e. The number of benzene rings is 1. The summed E-state index contributed by atoms with van der Waals surface area (Å²) in [5.74, 6) is 2.31. The first-order valence-corrected chi connectivity index (χ1v) is 12.1. The van der Waals surface area contributed by atoms with Crippen LogP contribution in [0.1, 0.15) is 42.0 Å². The molecule has 4 aromatic rings. The number of carbonyl (C=O) groups excluding carboxylic acids is 1. The van der Waals surface area contributed by atoms with Crippen molar-refractivity contribution in [3.63, 3.8) is 0 Å². The van der Waals surface area contributed by atoms with Crippen LogP contribution in [-0.4, -0.2) is 37.1 Å². The zero-order valence-corrected chi connectivity index (χ0v) is 20.1. The van der Waals surface area contributed by atoms with Gasteiger partial charge in [-0.25, -0.2) is 5.01 Å². The summed E-state index contributed by atoms with van der Waals surface area (Å²) in [5.41, 5.74) is 3.96. The van der Waals surface area contributed by atoms with Gasteiger partial charge in [0, 0.05) is 13.0 Å². The van der Waals surface area contributed by atoms with Crippen molar-refractivity contribution in [3.8, 4) is 11.4 Å². The maximum absolute atomic E-state index is 13.3. The van der Waals surface area contributed by atoms with E-state index in [-0.39, 0.29) is 17.7 Å². The summed E-state index contributed by atoms with van der Waals surface area (Å²) in [4.78, 5) is 13.3. The molecule has 8 nitrogen and oxygen atoms in total. The highest BCUT2D eigenvalue weighted by molar-refractivity contribution is 7.99. The Morgan fingerprint density at radius 1 is 1.09 bits per heavy atom. The van der Waals surface area contributed by atoms with Gasteiger partial charge in [-0.15, -0.1) is 10.2 Å². The van der Waals surface area contributed by atoms with Crippen LogP contribution in [0.15, 0.2) is 74.1 Å². The predicted octanol–water partition coefficient (Wildman–Crippen LogP) is 5.24. The molecule has 1 atom stereocenters. The van der Waals surface area contributed by atoms with E-state index in [0.717, 1.165) is 34.2 Å². The lowest BCUT2D eigenvalue weighted by atomic mass is 10.0. The third kappa shape index (κ3) is 4.19. The Morgan fingerprint density at radius 3 is 2.59 bits per heavy atom. The summed E-state index contributed by atoms with van der Waals surface area (Å²) >= 11 is 1.36. The number of thioether (sulfide) groups is 1. The monoisotopic (exact) mass is 475 g/mol. The SMILES string of the molecule is CCn1c(SCC(=O)N2N=C(c3ccc(C)cc3)C[C@H]2c2ccco2)nnc1-c1ccoc1C. The van der Waals surface area contributed by atoms with Crippen molar-refractivity contribution in [2.75, 3.05) is 5.75 Å². The van der Waals surface area contributed by atoms with Crippen molar-refractivity contribution in [2.45, 2.75) is 44.9 Å². The minimum atomic E-state index is -0.271. The summed E-state index contributed by atoms with van der Waals surface area (Å²) in [6.07, 6.45) is 3.86. The fraction of sp³-hybridized carbons (Fsp3) is 0.280. The molecule has 174 valence electrons. The van der Waals surface area contributed by atoms with Gasteiger partial charge in [-0.2, -0.15) is 5.10 Å². The molecule has 9 heteroatoms. The molecule has 0 bridgehead atoms. The van der Waals surface area contributed by atoms with E-state index in [0.29, 0.717) is 18.1 Å². The molecule has 1 aliphatic rings. The molecular formula is C25H25N5O3S. The van der Waals surface area contributed by atoms with Gasteiger partial charge < -0.3 is 13.4 Å². The molecule has 1 aliphatic heterocycles. The first-order valence-electron chi connectivity index (χ1n) is 11.2. The van der Waals surface area contributed by atoms with Crippen LogP contribution in [0.25, 0.3) is 11.4 Å². The summed E-state index contributed by atoms with van der Waals surface area (Å²) < 4.78 is 13.1. The molecule has 34 heavy (non-hydrogen) atoms. The van der Waals surface area contributed by atoms with E-state index in [9.17, 15) is 4.79 Å². The van der Waals surface area contributed by atoms with Crippen LogP contribution in [0.4, 0.5) is 0 Å². The average Bonchev–Trinajstić information content (AvgIpc) is 3.63. The largest absolute Gasteiger partial charge is 0.469 e. The van der Waals surface area contributed by atoms with E-state index < -0.39 is 0 Å². The molecule has 0 saturated heterocycles. The number of aromatic nitrogens is 3. The standard InChI is InChI=1S/C25H25N5O3S/c1-4-29-24(19-11-13-32-17(19)3)26-27-25(29)34-15-23(31)30-21(22-6-5-12-33-22)14-20(28-30)18-9-7-16(2)8-10-18/h5-13,21H,4,14-15H2,1-3H3/t21-/m0/s1. The third-order valence-corrected chi connectivity index (χ3v) is 6.83. The Balaban J connectivity index is 1.37. The van der Waals surface area contributed by atoms with E-state index in [2.05, 4.69) is 22.3 Å². The first kappa shape index (κ1) is 22.2. The van der Waals surface area contributed by atoms with Gasteiger partial charge in [-0.05, 0) is 44.5 Å². The Morgan fingerprint density at radius 2 is 1.91 bits per heavy atom. The minimum Gasteiger partial charge on any atom is -0.469 e. The number of aryl methyl sites for hydroxylation is 2. The highest BCUT2D eigenvalue weighted by Crippen LogP contribution is 2.34. The van der Waals surface area contributed by atoms with Gasteiger partial charge in [0.15, 0.2) is 11.0 Å². The zero-order valence-electron chi connectivity index (χ0n) is 19.3. The third-order valence-electron chi connectivity index (χ3n) is 5.88. The van der Waals surface area contributed by atoms with Crippen LogP contribution in [0.3, 0.4) is 0 Å². The lowest BCUT2D eigenvalue weighted by Crippen LogP contribution is -2.28. The Labute approximate surface area is 201 Å². The summed E-state index contributed by atoms with van der Waals surface area (Å²) in [7, 11) is 0. The van der Waals surface area contributed by atoms with Crippen LogP contribution in [0, 0.1) is 13.8 Å². The highest BCUT2D eigenvalue weighted by atomic mass is 32.2. The number of amides is 1. The quantitative estimate of drug-likeness (QED) is 0.340. The maximum Gasteiger partial charge on any atom is 0.253 e. The fourth-order valence-corrected chi connectivity index (χ4v) is 4.91. The lowest BCUT2D eigenvalue weighted by molar-refractivity contribution is -0.130. The van der Waals surface area contributed by atoms with Crippen molar-refractivity contribution in [3.05, 3.63) is 77.6 Å². The topological polar surface area (TPSA) is 89.7 Å². The molecule has 5 rings (SSSR count). The molecule has 0 unspecified atom stereocenters. The van der Waals surface area contributed by atoms with Gasteiger partial charge >= 0.3 is 0 Å². The van der Waals surface area contributed by atoms with Gasteiger partial charge in [0.2, 0.25) is 0 Å². The zero-order chi connectivity index (χ0) is 23.7. The Kier molecular flexibility index (Phi) is 6.10. The lowest BCUT2D eigenvalue weighted by Gasteiger charge is -2.19. The van der Waals surface area contributed by atoms with Crippen molar-refractivity contribution in [1.82, 2.24) is 19.8 Å². The van der Waals surface area contributed by atoms with Crippen LogP contribution in [-0.2, 0) is 11.3 Å². The van der Waals surface area contributed by atoms with E-state index in [1.807, 2.05) is 55.7 Å². The minimum absolute atomic E-state index is 0.111. The van der Waals surface area contributed by atoms with Gasteiger partial charge in [0.25, 0.3) is 5.91 Å². The summed E-state index contributed by atoms with van der Waals surface area (Å²) in [6, 6.07) is 13.5. The van der Waals surface area contributed by atoms with Crippen molar-refractivity contribution < 1.29 is 13.6 Å². The number of nitrogens with zero attached hydrogens (tertiary/aromatic N) is 5. The van der Waals surface area contributed by atoms with Crippen LogP contribution < -0.4 is 0 Å². The second-order valence-corrected chi connectivity index (χ2v) is 9.06. The molecule has 0 radical (unpaired) electrons. The van der Waals surface area contributed by atoms with Gasteiger partial charge in [0.05, 0.1) is 29.6 Å². The summed E-state index contributed by atoms with van der Waals surface area (Å²) in [6.45, 7) is 6.65. The number of hydrogen-bond acceptors (Lipinski definition) is 7. The number of carbonyl (C=O) groups is 1. The van der Waals surface area contributed by atoms with Crippen molar-refractivity contribution in [2.24, 2.45) is 5.10 Å². The predicted molar refractivity (Wildman–Crippen MR) is 129 cm³/mol. The van der Waals surface area contributed by atoms with Gasteiger partial charge in [0.1, 0.15) is 17.6 Å². The molecule has 3 aromatic heterocycles. The summed E-state index contributed by atoms with van der Waals surface area (Å²) in [5, 5.41) is 15.6. The van der Waals surface area contributed by atoms with E-state index in [4.69, 9.17) is 13.9 Å². The number of rotatable bonds is 7. The molecule has 0 fully saturated rings. The fourth-order valence-electron chi connectivity index (χ4n) is 4.05. The number of hydrogen-bond donors (Lipinski definition) is 0. The molecule has 0 aliphatic carbocycles. The Hall–Kier alpha value is -3.59. The number of hydrazone groups is 1. The molecule has 4 heterocycles. The normalized spacial score (nSPS) is 15.7. The second-order valence-electron chi connectivity index (χ2n) is 8.12. The van der Waals surface area contributed by atoms with Crippen LogP contribution >= 0.6 is 11.8 Å². The van der Waals surface area contributed by atoms with Gasteiger partial charge in [-0.1, -0.05) is 41.6 Å². The van der Waals surface area contributed by atoms with E-state index in [1.54, 1.807) is 17.5 Å². The highest BCUT2D eigenvalue weighted by Gasteiger charge is 2.35. The van der Waals surface area contributed by atoms with Crippen molar-refractivity contribution >= 4 is 23.4 Å². The maximum atomic E-state index is 13.3. The van der Waals surface area contributed by atoms with E-state index >= 15 is 0 Å². The molecular weight excluding hydrogens is 450 g/mol. The van der Waals surface area contributed by atoms with Gasteiger partial charge in [-0.3, -0.25) is 4.79 Å². The average molecular weight is 476 g/mol. The molecule has 1 amide bonds. The first-order chi connectivity index (χ1) is 16.5. The molecule has 0 N–H and O–H groups in total. The number of furan rings is 2. The molecule has 1 aromatic carbocycles. The van der Waals surface area contributed by atoms with E-state index in [1.165, 1.54) is 17.3 Å².